The van der Waals surface area contributed by atoms with Crippen LogP contribution in [0.15, 0.2) is 24.3 Å². The fourth-order valence-corrected chi connectivity index (χ4v) is 2.26. The maximum Gasteiger partial charge on any atom is 0.255 e. The number of methoxy groups -OCH3 is 1. The van der Waals surface area contributed by atoms with Crippen LogP contribution in [-0.2, 0) is 0 Å². The number of carbonyl (C=O) groups is 1. The van der Waals surface area contributed by atoms with Crippen LogP contribution in [0.2, 0.25) is 0 Å². The van der Waals surface area contributed by atoms with E-state index in [4.69, 9.17) is 4.74 Å². The van der Waals surface area contributed by atoms with Gasteiger partial charge in [-0.15, -0.1) is 0 Å². The lowest BCUT2D eigenvalue weighted by atomic mass is 9.99. The summed E-state index contributed by atoms with van der Waals surface area (Å²) in [6.45, 7) is 2.81. The normalized spacial score (nSPS) is 19.3. The van der Waals surface area contributed by atoms with Gasteiger partial charge in [-0.3, -0.25) is 4.79 Å². The molecule has 0 saturated carbocycles. The zero-order chi connectivity index (χ0) is 12.8. The van der Waals surface area contributed by atoms with Crippen LogP contribution >= 0.6 is 0 Å². The van der Waals surface area contributed by atoms with Crippen molar-refractivity contribution in [1.29, 1.82) is 0 Å². The number of rotatable bonds is 4. The Hall–Kier alpha value is -1.55. The molecule has 4 nitrogen and oxygen atoms in total. The molecule has 1 aliphatic heterocycles. The van der Waals surface area contributed by atoms with E-state index in [1.165, 1.54) is 12.8 Å². The largest absolute Gasteiger partial charge is 0.496 e. The Morgan fingerprint density at radius 3 is 3.06 bits per heavy atom. The van der Waals surface area contributed by atoms with Crippen molar-refractivity contribution in [2.24, 2.45) is 5.92 Å². The number of carbonyl (C=O) groups excluding carboxylic acids is 1. The topological polar surface area (TPSA) is 50.4 Å². The molecule has 98 valence electrons. The number of amides is 1. The molecule has 4 heteroatoms. The number of nitrogens with one attached hydrogen (secondary N) is 2. The highest BCUT2D eigenvalue weighted by molar-refractivity contribution is 5.96. The molecule has 1 heterocycles. The molecule has 1 saturated heterocycles. The molecule has 1 amide bonds. The Kier molecular flexibility index (Phi) is 4.59. The van der Waals surface area contributed by atoms with Gasteiger partial charge in [0.05, 0.1) is 12.7 Å². The summed E-state index contributed by atoms with van der Waals surface area (Å²) in [5.74, 6) is 1.10. The van der Waals surface area contributed by atoms with E-state index in [-0.39, 0.29) is 5.91 Å². The van der Waals surface area contributed by atoms with Gasteiger partial charge in [0, 0.05) is 6.54 Å². The summed E-state index contributed by atoms with van der Waals surface area (Å²) in [5.41, 5.74) is 0.601. The van der Waals surface area contributed by atoms with Crippen molar-refractivity contribution >= 4 is 5.91 Å². The molecule has 1 atom stereocenters. The van der Waals surface area contributed by atoms with Gasteiger partial charge in [-0.25, -0.2) is 0 Å². The van der Waals surface area contributed by atoms with E-state index >= 15 is 0 Å². The average molecular weight is 248 g/mol. The zero-order valence-electron chi connectivity index (χ0n) is 10.7. The van der Waals surface area contributed by atoms with Crippen molar-refractivity contribution in [1.82, 2.24) is 10.6 Å². The fourth-order valence-electron chi connectivity index (χ4n) is 2.26. The van der Waals surface area contributed by atoms with Gasteiger partial charge in [-0.05, 0) is 44.0 Å². The van der Waals surface area contributed by atoms with Crippen LogP contribution in [0.3, 0.4) is 0 Å². The Labute approximate surface area is 108 Å². The molecule has 1 fully saturated rings. The van der Waals surface area contributed by atoms with E-state index in [9.17, 15) is 4.79 Å². The molecule has 0 radical (unpaired) electrons. The molecule has 2 N–H and O–H groups in total. The summed E-state index contributed by atoms with van der Waals surface area (Å²) in [6.07, 6.45) is 2.37. The first kappa shape index (κ1) is 12.9. The van der Waals surface area contributed by atoms with E-state index in [1.807, 2.05) is 12.1 Å². The molecule has 0 aromatic heterocycles. The van der Waals surface area contributed by atoms with Crippen molar-refractivity contribution in [3.63, 3.8) is 0 Å². The first-order valence-corrected chi connectivity index (χ1v) is 6.43. The Bertz CT molecular complexity index is 401. The minimum absolute atomic E-state index is 0.0574. The number of piperidine rings is 1. The highest BCUT2D eigenvalue weighted by Crippen LogP contribution is 2.17. The molecule has 1 aromatic rings. The van der Waals surface area contributed by atoms with Crippen molar-refractivity contribution in [2.75, 3.05) is 26.7 Å². The molecule has 0 bridgehead atoms. The van der Waals surface area contributed by atoms with Crippen molar-refractivity contribution in [3.8, 4) is 5.75 Å². The number of benzene rings is 1. The van der Waals surface area contributed by atoms with Crippen molar-refractivity contribution in [3.05, 3.63) is 29.8 Å². The smallest absolute Gasteiger partial charge is 0.255 e. The summed E-state index contributed by atoms with van der Waals surface area (Å²) in [7, 11) is 1.58. The lowest BCUT2D eigenvalue weighted by Gasteiger charge is -2.23. The predicted octanol–water partition coefficient (Wildman–Crippen LogP) is 1.42. The second-order valence-corrected chi connectivity index (χ2v) is 4.62. The van der Waals surface area contributed by atoms with Gasteiger partial charge in [0.1, 0.15) is 5.75 Å². The lowest BCUT2D eigenvalue weighted by molar-refractivity contribution is 0.0942. The van der Waals surface area contributed by atoms with Crippen LogP contribution in [0.5, 0.6) is 5.75 Å². The second-order valence-electron chi connectivity index (χ2n) is 4.62. The van der Waals surface area contributed by atoms with Gasteiger partial charge in [-0.1, -0.05) is 12.1 Å². The Balaban J connectivity index is 1.90. The minimum Gasteiger partial charge on any atom is -0.496 e. The minimum atomic E-state index is -0.0574. The summed E-state index contributed by atoms with van der Waals surface area (Å²) in [4.78, 5) is 12.1. The van der Waals surface area contributed by atoms with Gasteiger partial charge in [0.2, 0.25) is 0 Å². The van der Waals surface area contributed by atoms with Gasteiger partial charge in [0.15, 0.2) is 0 Å². The summed E-state index contributed by atoms with van der Waals surface area (Å²) in [5, 5.41) is 6.33. The number of para-hydroxylation sites is 1. The third kappa shape index (κ3) is 3.23. The van der Waals surface area contributed by atoms with Gasteiger partial charge in [0.25, 0.3) is 5.91 Å². The zero-order valence-corrected chi connectivity index (χ0v) is 10.7. The van der Waals surface area contributed by atoms with E-state index in [0.29, 0.717) is 17.2 Å². The lowest BCUT2D eigenvalue weighted by Crippen LogP contribution is -2.38. The van der Waals surface area contributed by atoms with E-state index in [1.54, 1.807) is 19.2 Å². The maximum atomic E-state index is 12.1. The quantitative estimate of drug-likeness (QED) is 0.847. The number of hydrogen-bond donors (Lipinski definition) is 2. The van der Waals surface area contributed by atoms with E-state index < -0.39 is 0 Å². The first-order chi connectivity index (χ1) is 8.81. The average Bonchev–Trinajstić information content (AvgIpc) is 2.45. The number of hydrogen-bond acceptors (Lipinski definition) is 3. The molecule has 1 unspecified atom stereocenters. The fraction of sp³-hybridized carbons (Fsp3) is 0.500. The predicted molar refractivity (Wildman–Crippen MR) is 70.9 cm³/mol. The molecule has 18 heavy (non-hydrogen) atoms. The van der Waals surface area contributed by atoms with Gasteiger partial charge < -0.3 is 15.4 Å². The Morgan fingerprint density at radius 2 is 2.33 bits per heavy atom. The summed E-state index contributed by atoms with van der Waals surface area (Å²) in [6, 6.07) is 7.30. The highest BCUT2D eigenvalue weighted by atomic mass is 16.5. The van der Waals surface area contributed by atoms with Gasteiger partial charge in [-0.2, -0.15) is 0 Å². The van der Waals surface area contributed by atoms with Crippen LogP contribution in [0, 0.1) is 5.92 Å². The third-order valence-corrected chi connectivity index (χ3v) is 3.30. The monoisotopic (exact) mass is 248 g/mol. The SMILES string of the molecule is COc1ccccc1C(=O)NCC1CCCNC1. The van der Waals surface area contributed by atoms with E-state index in [0.717, 1.165) is 19.6 Å². The maximum absolute atomic E-state index is 12.1. The van der Waals surface area contributed by atoms with E-state index in [2.05, 4.69) is 10.6 Å². The Morgan fingerprint density at radius 1 is 1.50 bits per heavy atom. The van der Waals surface area contributed by atoms with Crippen LogP contribution < -0.4 is 15.4 Å². The van der Waals surface area contributed by atoms with Crippen LogP contribution in [0.4, 0.5) is 0 Å². The number of ether oxygens (including phenoxy) is 1. The molecular formula is C14H20N2O2. The van der Waals surface area contributed by atoms with Crippen LogP contribution in [0.1, 0.15) is 23.2 Å². The first-order valence-electron chi connectivity index (χ1n) is 6.43. The molecule has 0 spiro atoms. The van der Waals surface area contributed by atoms with Gasteiger partial charge >= 0.3 is 0 Å². The molecule has 0 aliphatic carbocycles. The van der Waals surface area contributed by atoms with Crippen LogP contribution in [-0.4, -0.2) is 32.7 Å². The molecule has 1 aliphatic rings. The molecule has 2 rings (SSSR count). The third-order valence-electron chi connectivity index (χ3n) is 3.30. The second kappa shape index (κ2) is 6.40. The molecule has 1 aromatic carbocycles. The van der Waals surface area contributed by atoms with Crippen LogP contribution in [0.25, 0.3) is 0 Å². The molecular weight excluding hydrogens is 228 g/mol. The summed E-state index contributed by atoms with van der Waals surface area (Å²) < 4.78 is 5.19. The van der Waals surface area contributed by atoms with Crippen molar-refractivity contribution < 1.29 is 9.53 Å². The summed E-state index contributed by atoms with van der Waals surface area (Å²) >= 11 is 0. The highest BCUT2D eigenvalue weighted by Gasteiger charge is 2.16. The standard InChI is InChI=1S/C14H20N2O2/c1-18-13-7-3-2-6-12(13)14(17)16-10-11-5-4-8-15-9-11/h2-3,6-7,11,15H,4-5,8-10H2,1H3,(H,16,17). The van der Waals surface area contributed by atoms with Crippen molar-refractivity contribution in [2.45, 2.75) is 12.8 Å².